The fourth-order valence-corrected chi connectivity index (χ4v) is 3.34. The first-order valence-electron chi connectivity index (χ1n) is 7.90. The predicted octanol–water partition coefficient (Wildman–Crippen LogP) is 3.12. The van der Waals surface area contributed by atoms with Gasteiger partial charge in [-0.1, -0.05) is 12.1 Å². The molecule has 0 aliphatic carbocycles. The number of rotatable bonds is 4. The van der Waals surface area contributed by atoms with Crippen LogP contribution in [0, 0.1) is 0 Å². The van der Waals surface area contributed by atoms with Crippen LogP contribution in [0.1, 0.15) is 20.7 Å². The van der Waals surface area contributed by atoms with E-state index in [1.54, 1.807) is 29.8 Å². The molecular weight excluding hydrogens is 366 g/mol. The van der Waals surface area contributed by atoms with Crippen molar-refractivity contribution < 1.29 is 14.3 Å². The first-order chi connectivity index (χ1) is 13.2. The van der Waals surface area contributed by atoms with Crippen LogP contribution in [0.4, 0.5) is 5.13 Å². The van der Waals surface area contributed by atoms with Crippen molar-refractivity contribution >= 4 is 39.4 Å². The molecule has 0 spiro atoms. The molecule has 4 rings (SSSR count). The normalized spacial score (nSPS) is 10.7. The molecule has 0 aliphatic heterocycles. The van der Waals surface area contributed by atoms with Crippen molar-refractivity contribution in [1.29, 1.82) is 0 Å². The molecule has 0 saturated heterocycles. The maximum Gasteiger partial charge on any atom is 0.338 e. The van der Waals surface area contributed by atoms with E-state index in [-0.39, 0.29) is 11.1 Å². The number of carbonyl (C=O) groups excluding carboxylic acids is 2. The molecule has 8 nitrogen and oxygen atoms in total. The minimum Gasteiger partial charge on any atom is -0.465 e. The van der Waals surface area contributed by atoms with Crippen molar-refractivity contribution in [2.75, 3.05) is 12.4 Å². The molecular formula is C18H13N5O3S. The summed E-state index contributed by atoms with van der Waals surface area (Å²) < 4.78 is 4.72. The van der Waals surface area contributed by atoms with Crippen LogP contribution in [-0.2, 0) is 4.74 Å². The number of nitrogens with zero attached hydrogens (tertiary/aromatic N) is 3. The van der Waals surface area contributed by atoms with Gasteiger partial charge in [-0.3, -0.25) is 10.1 Å². The number of ether oxygens (including phenoxy) is 1. The number of H-pyrrole nitrogens is 1. The molecule has 9 heteroatoms. The topological polar surface area (TPSA) is 110 Å². The Kier molecular flexibility index (Phi) is 4.35. The summed E-state index contributed by atoms with van der Waals surface area (Å²) >= 11 is 1.27. The van der Waals surface area contributed by atoms with Gasteiger partial charge in [0, 0.05) is 17.0 Å². The SMILES string of the molecule is COC(=O)c1ccccc1C(=O)Nc1nc(-c2ncnc3[nH]ccc23)cs1. The zero-order valence-corrected chi connectivity index (χ0v) is 14.9. The predicted molar refractivity (Wildman–Crippen MR) is 101 cm³/mol. The third kappa shape index (κ3) is 3.15. The number of aromatic amines is 1. The van der Waals surface area contributed by atoms with Gasteiger partial charge in [-0.15, -0.1) is 11.3 Å². The molecule has 0 atom stereocenters. The fraction of sp³-hybridized carbons (Fsp3) is 0.0556. The molecule has 0 saturated carbocycles. The van der Waals surface area contributed by atoms with Gasteiger partial charge in [0.25, 0.3) is 5.91 Å². The Labute approximate surface area is 157 Å². The minimum atomic E-state index is -0.573. The lowest BCUT2D eigenvalue weighted by atomic mass is 10.1. The van der Waals surface area contributed by atoms with E-state index in [4.69, 9.17) is 4.74 Å². The average Bonchev–Trinajstić information content (AvgIpc) is 3.36. The highest BCUT2D eigenvalue weighted by atomic mass is 32.1. The Morgan fingerprint density at radius 2 is 1.96 bits per heavy atom. The molecule has 3 heterocycles. The Bertz CT molecular complexity index is 1150. The molecule has 1 aromatic carbocycles. The number of hydrogen-bond donors (Lipinski definition) is 2. The van der Waals surface area contributed by atoms with Gasteiger partial charge >= 0.3 is 5.97 Å². The number of anilines is 1. The van der Waals surface area contributed by atoms with Crippen LogP contribution in [0.5, 0.6) is 0 Å². The molecule has 0 fully saturated rings. The van der Waals surface area contributed by atoms with Gasteiger partial charge in [0.15, 0.2) is 5.13 Å². The van der Waals surface area contributed by atoms with E-state index in [2.05, 4.69) is 25.3 Å². The maximum absolute atomic E-state index is 12.6. The summed E-state index contributed by atoms with van der Waals surface area (Å²) in [6.07, 6.45) is 3.24. The fourth-order valence-electron chi connectivity index (χ4n) is 2.65. The van der Waals surface area contributed by atoms with Gasteiger partial charge < -0.3 is 9.72 Å². The van der Waals surface area contributed by atoms with Crippen LogP contribution < -0.4 is 5.32 Å². The van der Waals surface area contributed by atoms with Crippen molar-refractivity contribution in [2.45, 2.75) is 0 Å². The molecule has 0 unspecified atom stereocenters. The van der Waals surface area contributed by atoms with Gasteiger partial charge in [-0.2, -0.15) is 0 Å². The number of amides is 1. The zero-order valence-electron chi connectivity index (χ0n) is 14.1. The second kappa shape index (κ2) is 6.96. The van der Waals surface area contributed by atoms with Crippen molar-refractivity contribution in [1.82, 2.24) is 19.9 Å². The average molecular weight is 379 g/mol. The van der Waals surface area contributed by atoms with Gasteiger partial charge in [-0.05, 0) is 18.2 Å². The van der Waals surface area contributed by atoms with Crippen molar-refractivity contribution in [3.63, 3.8) is 0 Å². The lowest BCUT2D eigenvalue weighted by molar-refractivity contribution is 0.0597. The molecule has 4 aromatic rings. The minimum absolute atomic E-state index is 0.194. The smallest absolute Gasteiger partial charge is 0.338 e. The highest BCUT2D eigenvalue weighted by Crippen LogP contribution is 2.28. The van der Waals surface area contributed by atoms with E-state index in [9.17, 15) is 9.59 Å². The summed E-state index contributed by atoms with van der Waals surface area (Å²) in [5.41, 5.74) is 2.43. The number of methoxy groups -OCH3 is 1. The first-order valence-corrected chi connectivity index (χ1v) is 8.78. The van der Waals surface area contributed by atoms with Crippen LogP contribution in [0.3, 0.4) is 0 Å². The molecule has 0 aliphatic rings. The van der Waals surface area contributed by atoms with Crippen LogP contribution in [0.2, 0.25) is 0 Å². The summed E-state index contributed by atoms with van der Waals surface area (Å²) in [6, 6.07) is 8.32. The van der Waals surface area contributed by atoms with Crippen molar-refractivity contribution in [2.24, 2.45) is 0 Å². The Balaban J connectivity index is 1.61. The van der Waals surface area contributed by atoms with Gasteiger partial charge in [-0.25, -0.2) is 19.7 Å². The quantitative estimate of drug-likeness (QED) is 0.527. The van der Waals surface area contributed by atoms with Crippen molar-refractivity contribution in [3.8, 4) is 11.4 Å². The van der Waals surface area contributed by atoms with Crippen LogP contribution in [-0.4, -0.2) is 38.9 Å². The van der Waals surface area contributed by atoms with Gasteiger partial charge in [0.2, 0.25) is 0 Å². The number of hydrogen-bond acceptors (Lipinski definition) is 7. The van der Waals surface area contributed by atoms with E-state index in [0.717, 1.165) is 5.39 Å². The largest absolute Gasteiger partial charge is 0.465 e. The first kappa shape index (κ1) is 16.9. The van der Waals surface area contributed by atoms with Gasteiger partial charge in [0.05, 0.1) is 18.2 Å². The molecule has 27 heavy (non-hydrogen) atoms. The van der Waals surface area contributed by atoms with Crippen molar-refractivity contribution in [3.05, 3.63) is 59.4 Å². The third-order valence-electron chi connectivity index (χ3n) is 3.90. The number of fused-ring (bicyclic) bond motifs is 1. The molecule has 0 bridgehead atoms. The lowest BCUT2D eigenvalue weighted by Gasteiger charge is -2.06. The van der Waals surface area contributed by atoms with E-state index in [0.29, 0.717) is 22.2 Å². The molecule has 1 amide bonds. The Morgan fingerprint density at radius 3 is 2.78 bits per heavy atom. The zero-order chi connectivity index (χ0) is 18.8. The summed E-state index contributed by atoms with van der Waals surface area (Å²) in [6.45, 7) is 0. The second-order valence-electron chi connectivity index (χ2n) is 5.49. The summed E-state index contributed by atoms with van der Waals surface area (Å²) in [5.74, 6) is -1.01. The number of carbonyl (C=O) groups is 2. The Hall–Kier alpha value is -3.59. The second-order valence-corrected chi connectivity index (χ2v) is 6.35. The molecule has 2 N–H and O–H groups in total. The Morgan fingerprint density at radius 1 is 1.15 bits per heavy atom. The number of nitrogens with one attached hydrogen (secondary N) is 2. The number of esters is 1. The number of aromatic nitrogens is 4. The molecule has 0 radical (unpaired) electrons. The van der Waals surface area contributed by atoms with Crippen LogP contribution in [0.25, 0.3) is 22.4 Å². The number of thiazole rings is 1. The van der Waals surface area contributed by atoms with Crippen LogP contribution in [0.15, 0.2) is 48.2 Å². The molecule has 3 aromatic heterocycles. The maximum atomic E-state index is 12.6. The monoisotopic (exact) mass is 379 g/mol. The van der Waals surface area contributed by atoms with E-state index >= 15 is 0 Å². The van der Waals surface area contributed by atoms with E-state index in [1.807, 2.05) is 6.07 Å². The van der Waals surface area contributed by atoms with E-state index in [1.165, 1.54) is 30.8 Å². The summed E-state index contributed by atoms with van der Waals surface area (Å²) in [4.78, 5) is 40.3. The van der Waals surface area contributed by atoms with E-state index < -0.39 is 11.9 Å². The van der Waals surface area contributed by atoms with Crippen LogP contribution >= 0.6 is 11.3 Å². The highest BCUT2D eigenvalue weighted by molar-refractivity contribution is 7.14. The standard InChI is InChI=1S/C18H13N5O3S/c1-26-17(25)11-5-3-2-4-10(11)16(24)23-18-22-13(8-27-18)14-12-6-7-19-15(12)21-9-20-14/h2-9H,1H3,(H,19,20,21)(H,22,23,24). The summed E-state index contributed by atoms with van der Waals surface area (Å²) in [7, 11) is 1.27. The number of benzene rings is 1. The highest BCUT2D eigenvalue weighted by Gasteiger charge is 2.18. The summed E-state index contributed by atoms with van der Waals surface area (Å²) in [5, 5.41) is 5.77. The molecule has 134 valence electrons. The third-order valence-corrected chi connectivity index (χ3v) is 4.66. The van der Waals surface area contributed by atoms with Gasteiger partial charge in [0.1, 0.15) is 23.4 Å². The lowest BCUT2D eigenvalue weighted by Crippen LogP contribution is -2.17.